The molecule has 6 rings (SSSR count). The molecule has 0 aliphatic heterocycles. The van der Waals surface area contributed by atoms with Crippen LogP contribution in [0.25, 0.3) is 23.1 Å². The molecule has 7 heteroatoms. The molecule has 0 radical (unpaired) electrons. The van der Waals surface area contributed by atoms with Gasteiger partial charge in [-0.25, -0.2) is 4.98 Å². The summed E-state index contributed by atoms with van der Waals surface area (Å²) in [5.41, 5.74) is 8.44. The van der Waals surface area contributed by atoms with Crippen LogP contribution < -0.4 is 5.48 Å². The molecule has 4 aromatic rings. The average Bonchev–Trinajstić information content (AvgIpc) is 3.85. The van der Waals surface area contributed by atoms with E-state index in [1.165, 1.54) is 30.4 Å². The number of nitrogens with zero attached hydrogens (tertiary/aromatic N) is 1. The summed E-state index contributed by atoms with van der Waals surface area (Å²) in [5, 5.41) is 12.8. The van der Waals surface area contributed by atoms with Gasteiger partial charge in [0, 0.05) is 27.5 Å². The van der Waals surface area contributed by atoms with Gasteiger partial charge in [0.1, 0.15) is 0 Å². The van der Waals surface area contributed by atoms with Gasteiger partial charge in [0.15, 0.2) is 0 Å². The van der Waals surface area contributed by atoms with E-state index in [0.29, 0.717) is 17.5 Å². The molecule has 1 unspecified atom stereocenters. The molecule has 1 atom stereocenters. The Hall–Kier alpha value is -3.16. The van der Waals surface area contributed by atoms with Gasteiger partial charge in [-0.3, -0.25) is 4.79 Å². The monoisotopic (exact) mass is 682 g/mol. The Morgan fingerprint density at radius 3 is 2.62 bits per heavy atom. The van der Waals surface area contributed by atoms with E-state index in [9.17, 15) is 9.90 Å². The van der Waals surface area contributed by atoms with Crippen molar-refractivity contribution in [2.45, 2.75) is 94.9 Å². The molecule has 0 bridgehead atoms. The molecule has 1 heterocycles. The first-order valence-corrected chi connectivity index (χ1v) is 18.8. The average molecular weight is 683 g/mol. The van der Waals surface area contributed by atoms with Crippen LogP contribution in [0.3, 0.4) is 0 Å². The maximum Gasteiger partial charge on any atom is 0.325 e. The summed E-state index contributed by atoms with van der Waals surface area (Å²) in [4.78, 5) is 23.2. The molecule has 2 saturated carbocycles. The number of pyridine rings is 1. The molecule has 252 valence electrons. The van der Waals surface area contributed by atoms with E-state index < -0.39 is 5.60 Å². The molecule has 1 aromatic heterocycles. The minimum absolute atomic E-state index is 0.00139. The number of carbonyl (C=O) groups excluding carboxylic acids is 1. The van der Waals surface area contributed by atoms with Crippen LogP contribution in [0.4, 0.5) is 0 Å². The van der Waals surface area contributed by atoms with E-state index in [0.717, 1.165) is 72.0 Å². The number of halogens is 1. The minimum atomic E-state index is -0.907. The molecule has 2 N–H and O–H groups in total. The first kappa shape index (κ1) is 34.7. The standard InChI is InChI=1S/C41H47ClN2O3S/c1-40(2,46)36-14-7-6-10-30(36)18-22-38(48-28-41(23-24-41)27-39(45)47-44-35-12-4-3-5-13-35)32-11-8-9-29(25-32)15-20-34-21-17-31-16-19-33(42)26-37(31)43-34/h6-11,14-17,19-21,25-26,35,38,44,46H,3-5,12-13,18,22-24,27-28H2,1-2H3. The van der Waals surface area contributed by atoms with Crippen LogP contribution in [-0.4, -0.2) is 27.9 Å². The lowest BCUT2D eigenvalue weighted by molar-refractivity contribution is -0.154. The van der Waals surface area contributed by atoms with E-state index >= 15 is 0 Å². The third kappa shape index (κ3) is 9.50. The summed E-state index contributed by atoms with van der Waals surface area (Å²) in [5.74, 6) is 0.776. The van der Waals surface area contributed by atoms with Crippen molar-refractivity contribution in [3.63, 3.8) is 0 Å². The second kappa shape index (κ2) is 15.6. The predicted molar refractivity (Wildman–Crippen MR) is 200 cm³/mol. The number of thioether (sulfide) groups is 1. The fourth-order valence-corrected chi connectivity index (χ4v) is 8.48. The Labute approximate surface area is 294 Å². The summed E-state index contributed by atoms with van der Waals surface area (Å²) in [6.07, 6.45) is 14.3. The Balaban J connectivity index is 1.16. The summed E-state index contributed by atoms with van der Waals surface area (Å²) in [7, 11) is 0. The second-order valence-electron chi connectivity index (χ2n) is 14.2. The number of aliphatic hydroxyl groups is 1. The molecular weight excluding hydrogens is 636 g/mol. The number of benzene rings is 3. The molecule has 2 fully saturated rings. The fourth-order valence-electron chi connectivity index (χ4n) is 6.75. The van der Waals surface area contributed by atoms with Crippen molar-refractivity contribution in [1.29, 1.82) is 0 Å². The van der Waals surface area contributed by atoms with E-state index in [1.54, 1.807) is 0 Å². The number of aryl methyl sites for hydroxylation is 1. The summed E-state index contributed by atoms with van der Waals surface area (Å²) in [6.45, 7) is 3.71. The number of nitrogens with one attached hydrogen (secondary N) is 1. The Morgan fingerprint density at radius 2 is 1.83 bits per heavy atom. The largest absolute Gasteiger partial charge is 0.386 e. The van der Waals surface area contributed by atoms with E-state index in [1.807, 2.05) is 68.1 Å². The number of hydroxylamine groups is 1. The van der Waals surface area contributed by atoms with Crippen LogP contribution in [0.2, 0.25) is 5.02 Å². The zero-order valence-electron chi connectivity index (χ0n) is 28.1. The quantitative estimate of drug-likeness (QED) is 0.129. The highest BCUT2D eigenvalue weighted by molar-refractivity contribution is 7.99. The van der Waals surface area contributed by atoms with Gasteiger partial charge >= 0.3 is 5.97 Å². The van der Waals surface area contributed by atoms with Crippen LogP contribution in [0.1, 0.15) is 105 Å². The van der Waals surface area contributed by atoms with Gasteiger partial charge in [0.2, 0.25) is 0 Å². The number of fused-ring (bicyclic) bond motifs is 1. The van der Waals surface area contributed by atoms with Gasteiger partial charge < -0.3 is 9.94 Å². The lowest BCUT2D eigenvalue weighted by Crippen LogP contribution is -2.34. The molecule has 2 aliphatic carbocycles. The third-order valence-corrected chi connectivity index (χ3v) is 11.7. The number of rotatable bonds is 14. The highest BCUT2D eigenvalue weighted by Crippen LogP contribution is 2.53. The van der Waals surface area contributed by atoms with Crippen LogP contribution in [0, 0.1) is 5.41 Å². The Morgan fingerprint density at radius 1 is 1.04 bits per heavy atom. The van der Waals surface area contributed by atoms with Crippen molar-refractivity contribution in [2.24, 2.45) is 5.41 Å². The number of carbonyl (C=O) groups is 1. The van der Waals surface area contributed by atoms with Crippen molar-refractivity contribution in [3.8, 4) is 0 Å². The molecule has 0 spiro atoms. The van der Waals surface area contributed by atoms with Crippen molar-refractivity contribution in [3.05, 3.63) is 112 Å². The highest BCUT2D eigenvalue weighted by Gasteiger charge is 2.45. The van der Waals surface area contributed by atoms with Crippen LogP contribution in [-0.2, 0) is 21.7 Å². The van der Waals surface area contributed by atoms with Gasteiger partial charge in [-0.1, -0.05) is 97.6 Å². The van der Waals surface area contributed by atoms with Gasteiger partial charge in [-0.05, 0) is 104 Å². The third-order valence-electron chi connectivity index (χ3n) is 9.77. The van der Waals surface area contributed by atoms with Gasteiger partial charge in [0.25, 0.3) is 0 Å². The Kier molecular flexibility index (Phi) is 11.3. The first-order chi connectivity index (χ1) is 23.2. The van der Waals surface area contributed by atoms with Crippen molar-refractivity contribution in [1.82, 2.24) is 10.5 Å². The van der Waals surface area contributed by atoms with Crippen LogP contribution in [0.15, 0.2) is 78.9 Å². The van der Waals surface area contributed by atoms with Crippen molar-refractivity contribution < 1.29 is 14.7 Å². The molecule has 0 amide bonds. The lowest BCUT2D eigenvalue weighted by Gasteiger charge is -2.25. The predicted octanol–water partition coefficient (Wildman–Crippen LogP) is 10.2. The van der Waals surface area contributed by atoms with E-state index in [4.69, 9.17) is 21.4 Å². The lowest BCUT2D eigenvalue weighted by atomic mass is 9.90. The van der Waals surface area contributed by atoms with Crippen molar-refractivity contribution >= 4 is 52.4 Å². The summed E-state index contributed by atoms with van der Waals surface area (Å²) < 4.78 is 0. The van der Waals surface area contributed by atoms with Crippen molar-refractivity contribution in [2.75, 3.05) is 5.75 Å². The Bertz CT molecular complexity index is 1740. The number of hydrogen-bond donors (Lipinski definition) is 2. The molecule has 2 aliphatic rings. The zero-order chi connectivity index (χ0) is 33.6. The van der Waals surface area contributed by atoms with Gasteiger partial charge in [0.05, 0.1) is 23.2 Å². The zero-order valence-corrected chi connectivity index (χ0v) is 29.7. The van der Waals surface area contributed by atoms with Gasteiger partial charge in [-0.2, -0.15) is 17.2 Å². The molecule has 0 saturated heterocycles. The number of aromatic nitrogens is 1. The molecule has 5 nitrogen and oxygen atoms in total. The molecule has 48 heavy (non-hydrogen) atoms. The maximum atomic E-state index is 12.9. The van der Waals surface area contributed by atoms with E-state index in [2.05, 4.69) is 54.0 Å². The molecular formula is C41H47ClN2O3S. The SMILES string of the molecule is CC(C)(O)c1ccccc1CCC(SCC1(CC(=O)ONC2CCCCC2)CC1)c1cccc(C=Cc2ccc3ccc(Cl)cc3n2)c1. The van der Waals surface area contributed by atoms with Crippen LogP contribution in [0.5, 0.6) is 0 Å². The van der Waals surface area contributed by atoms with Gasteiger partial charge in [-0.15, -0.1) is 0 Å². The second-order valence-corrected chi connectivity index (χ2v) is 15.9. The smallest absolute Gasteiger partial charge is 0.325 e. The summed E-state index contributed by atoms with van der Waals surface area (Å²) in [6, 6.07) is 27.1. The first-order valence-electron chi connectivity index (χ1n) is 17.4. The normalized spacial score (nSPS) is 17.1. The number of hydrogen-bond acceptors (Lipinski definition) is 6. The fraction of sp³-hybridized carbons (Fsp3) is 0.415. The minimum Gasteiger partial charge on any atom is -0.386 e. The molecule has 3 aromatic carbocycles. The summed E-state index contributed by atoms with van der Waals surface area (Å²) >= 11 is 8.17. The van der Waals surface area contributed by atoms with E-state index in [-0.39, 0.29) is 16.6 Å². The topological polar surface area (TPSA) is 71.5 Å². The maximum absolute atomic E-state index is 12.9. The van der Waals surface area contributed by atoms with Crippen LogP contribution >= 0.6 is 23.4 Å². The highest BCUT2D eigenvalue weighted by atomic mass is 35.5.